The monoisotopic (exact) mass is 259 g/mol. The second kappa shape index (κ2) is 6.24. The fraction of sp³-hybridized carbons (Fsp3) is 0.556. The Bertz CT molecular complexity index is 496. The molecule has 0 saturated heterocycles. The van der Waals surface area contributed by atoms with Crippen LogP contribution in [-0.2, 0) is 9.53 Å². The Morgan fingerprint density at radius 3 is 2.82 bits per heavy atom. The Hall–Kier alpha value is -1.57. The maximum atomic E-state index is 11.4. The standard InChI is InChI=1S/C9H13N3O4S/c1-3-4-16-8(14)5(2)17-7-6(13)10-9(15)12-11-7/h5H,3-4H2,1-2H3,(H2,10,12,13,15)/t5-/m0/s1. The third kappa shape index (κ3) is 4.06. The van der Waals surface area contributed by atoms with Crippen LogP contribution in [0.2, 0.25) is 0 Å². The first kappa shape index (κ1) is 13.5. The second-order valence-corrected chi connectivity index (χ2v) is 4.57. The molecule has 2 N–H and O–H groups in total. The number of nitrogens with one attached hydrogen (secondary N) is 2. The number of rotatable bonds is 5. The topological polar surface area (TPSA) is 105 Å². The lowest BCUT2D eigenvalue weighted by atomic mass is 10.5. The summed E-state index contributed by atoms with van der Waals surface area (Å²) < 4.78 is 4.92. The molecule has 0 bridgehead atoms. The maximum absolute atomic E-state index is 11.4. The number of hydrogen-bond acceptors (Lipinski definition) is 6. The van der Waals surface area contributed by atoms with E-state index in [9.17, 15) is 14.4 Å². The van der Waals surface area contributed by atoms with Crippen LogP contribution < -0.4 is 11.2 Å². The molecule has 0 aliphatic rings. The van der Waals surface area contributed by atoms with Crippen molar-refractivity contribution in [3.8, 4) is 0 Å². The summed E-state index contributed by atoms with van der Waals surface area (Å²) in [5, 5.41) is 5.13. The highest BCUT2D eigenvalue weighted by Gasteiger charge is 2.18. The first-order chi connectivity index (χ1) is 8.04. The molecule has 0 amide bonds. The summed E-state index contributed by atoms with van der Waals surface area (Å²) in [5.41, 5.74) is -1.30. The average molecular weight is 259 g/mol. The van der Waals surface area contributed by atoms with E-state index in [1.54, 1.807) is 6.92 Å². The van der Waals surface area contributed by atoms with Gasteiger partial charge in [0.25, 0.3) is 5.56 Å². The number of nitrogens with zero attached hydrogens (tertiary/aromatic N) is 1. The van der Waals surface area contributed by atoms with E-state index in [2.05, 4.69) is 10.2 Å². The summed E-state index contributed by atoms with van der Waals surface area (Å²) in [7, 11) is 0. The smallest absolute Gasteiger partial charge is 0.342 e. The maximum Gasteiger partial charge on any atom is 0.342 e. The molecule has 0 unspecified atom stereocenters. The van der Waals surface area contributed by atoms with Gasteiger partial charge in [-0.05, 0) is 13.3 Å². The van der Waals surface area contributed by atoms with Crippen LogP contribution in [0.5, 0.6) is 0 Å². The molecule has 94 valence electrons. The Kier molecular flexibility index (Phi) is 4.95. The Morgan fingerprint density at radius 1 is 1.53 bits per heavy atom. The molecule has 0 aliphatic heterocycles. The lowest BCUT2D eigenvalue weighted by Gasteiger charge is -2.08. The fourth-order valence-electron chi connectivity index (χ4n) is 0.952. The molecule has 8 heteroatoms. The van der Waals surface area contributed by atoms with Crippen molar-refractivity contribution >= 4 is 17.7 Å². The first-order valence-corrected chi connectivity index (χ1v) is 5.94. The van der Waals surface area contributed by atoms with Crippen molar-refractivity contribution in [1.29, 1.82) is 0 Å². The van der Waals surface area contributed by atoms with Crippen LogP contribution in [0.3, 0.4) is 0 Å². The van der Waals surface area contributed by atoms with Gasteiger partial charge in [-0.3, -0.25) is 14.6 Å². The minimum absolute atomic E-state index is 0.0329. The third-order valence-corrected chi connectivity index (χ3v) is 2.80. The molecule has 1 heterocycles. The molecule has 17 heavy (non-hydrogen) atoms. The summed E-state index contributed by atoms with van der Waals surface area (Å²) in [6.45, 7) is 3.84. The van der Waals surface area contributed by atoms with Crippen molar-refractivity contribution < 1.29 is 9.53 Å². The summed E-state index contributed by atoms with van der Waals surface area (Å²) in [4.78, 5) is 35.5. The van der Waals surface area contributed by atoms with Crippen LogP contribution >= 0.6 is 11.8 Å². The average Bonchev–Trinajstić information content (AvgIpc) is 2.29. The number of carbonyl (C=O) groups excluding carboxylic acids is 1. The van der Waals surface area contributed by atoms with E-state index in [1.165, 1.54) is 0 Å². The number of esters is 1. The van der Waals surface area contributed by atoms with Crippen LogP contribution in [0.15, 0.2) is 14.6 Å². The number of carbonyl (C=O) groups is 1. The van der Waals surface area contributed by atoms with Crippen molar-refractivity contribution in [3.05, 3.63) is 20.8 Å². The van der Waals surface area contributed by atoms with Gasteiger partial charge in [0.1, 0.15) is 5.25 Å². The number of H-pyrrole nitrogens is 2. The molecule has 0 aromatic carbocycles. The van der Waals surface area contributed by atoms with Crippen molar-refractivity contribution in [2.75, 3.05) is 6.61 Å². The predicted octanol–water partition coefficient (Wildman–Crippen LogP) is -0.108. The molecular weight excluding hydrogens is 246 g/mol. The van der Waals surface area contributed by atoms with Gasteiger partial charge in [-0.25, -0.2) is 9.89 Å². The minimum Gasteiger partial charge on any atom is -0.465 e. The number of aromatic amines is 2. The predicted molar refractivity (Wildman–Crippen MR) is 62.0 cm³/mol. The van der Waals surface area contributed by atoms with Crippen LogP contribution in [0.1, 0.15) is 20.3 Å². The lowest BCUT2D eigenvalue weighted by Crippen LogP contribution is -2.27. The summed E-state index contributed by atoms with van der Waals surface area (Å²) >= 11 is 0.938. The van der Waals surface area contributed by atoms with Gasteiger partial charge in [0.15, 0.2) is 5.03 Å². The first-order valence-electron chi connectivity index (χ1n) is 5.07. The molecule has 0 radical (unpaired) electrons. The molecular formula is C9H13N3O4S. The fourth-order valence-corrected chi connectivity index (χ4v) is 1.71. The van der Waals surface area contributed by atoms with Crippen LogP contribution in [0, 0.1) is 0 Å². The Labute approximate surface area is 101 Å². The van der Waals surface area contributed by atoms with Gasteiger partial charge in [0.05, 0.1) is 6.61 Å². The van der Waals surface area contributed by atoms with Gasteiger partial charge in [-0.15, -0.1) is 0 Å². The zero-order valence-corrected chi connectivity index (χ0v) is 10.3. The van der Waals surface area contributed by atoms with Gasteiger partial charge in [0.2, 0.25) is 0 Å². The van der Waals surface area contributed by atoms with Gasteiger partial charge in [0, 0.05) is 0 Å². The highest BCUT2D eigenvalue weighted by molar-refractivity contribution is 8.00. The second-order valence-electron chi connectivity index (χ2n) is 3.24. The molecule has 1 atom stereocenters. The normalized spacial score (nSPS) is 12.1. The van der Waals surface area contributed by atoms with Crippen LogP contribution in [0.25, 0.3) is 0 Å². The Balaban J connectivity index is 2.67. The largest absolute Gasteiger partial charge is 0.465 e. The van der Waals surface area contributed by atoms with E-state index in [-0.39, 0.29) is 5.03 Å². The molecule has 0 fully saturated rings. The molecule has 0 saturated carbocycles. The zero-order chi connectivity index (χ0) is 12.8. The molecule has 0 spiro atoms. The van der Waals surface area contributed by atoms with Crippen molar-refractivity contribution in [3.63, 3.8) is 0 Å². The summed E-state index contributed by atoms with van der Waals surface area (Å²) in [5.74, 6) is -0.413. The third-order valence-electron chi connectivity index (χ3n) is 1.75. The van der Waals surface area contributed by atoms with E-state index >= 15 is 0 Å². The van der Waals surface area contributed by atoms with Crippen LogP contribution in [0.4, 0.5) is 0 Å². The quantitative estimate of drug-likeness (QED) is 0.564. The van der Waals surface area contributed by atoms with Gasteiger partial charge < -0.3 is 4.74 Å². The summed E-state index contributed by atoms with van der Waals surface area (Å²) in [6, 6.07) is 0. The number of aromatic nitrogens is 3. The Morgan fingerprint density at radius 2 is 2.24 bits per heavy atom. The molecule has 1 aromatic heterocycles. The van der Waals surface area contributed by atoms with E-state index in [1.807, 2.05) is 11.9 Å². The van der Waals surface area contributed by atoms with Crippen molar-refractivity contribution in [1.82, 2.24) is 15.2 Å². The summed E-state index contributed by atoms with van der Waals surface area (Å²) in [6.07, 6.45) is 0.737. The van der Waals surface area contributed by atoms with Crippen molar-refractivity contribution in [2.45, 2.75) is 30.5 Å². The van der Waals surface area contributed by atoms with Crippen LogP contribution in [-0.4, -0.2) is 33.0 Å². The number of hydrogen-bond donors (Lipinski definition) is 2. The molecule has 1 rings (SSSR count). The van der Waals surface area contributed by atoms with E-state index in [0.717, 1.165) is 18.2 Å². The molecule has 1 aromatic rings. The molecule has 0 aliphatic carbocycles. The highest BCUT2D eigenvalue weighted by atomic mass is 32.2. The SMILES string of the molecule is CCCOC(=O)[C@H](C)Sc1n[nH]c(=O)[nH]c1=O. The van der Waals surface area contributed by atoms with Gasteiger partial charge >= 0.3 is 11.7 Å². The number of ether oxygens (including phenoxy) is 1. The highest BCUT2D eigenvalue weighted by Crippen LogP contribution is 2.17. The lowest BCUT2D eigenvalue weighted by molar-refractivity contribution is -0.142. The minimum atomic E-state index is -0.680. The van der Waals surface area contributed by atoms with E-state index < -0.39 is 22.5 Å². The van der Waals surface area contributed by atoms with E-state index in [4.69, 9.17) is 4.74 Å². The van der Waals surface area contributed by atoms with E-state index in [0.29, 0.717) is 6.61 Å². The van der Waals surface area contributed by atoms with Gasteiger partial charge in [-0.1, -0.05) is 18.7 Å². The van der Waals surface area contributed by atoms with Gasteiger partial charge in [-0.2, -0.15) is 5.10 Å². The molecule has 7 nitrogen and oxygen atoms in total. The zero-order valence-electron chi connectivity index (χ0n) is 9.48. The van der Waals surface area contributed by atoms with Crippen molar-refractivity contribution in [2.24, 2.45) is 0 Å². The number of thioether (sulfide) groups is 1.